The summed E-state index contributed by atoms with van der Waals surface area (Å²) in [5.74, 6) is 0.252. The van der Waals surface area contributed by atoms with Crippen molar-refractivity contribution in [3.05, 3.63) is 52.0 Å². The number of amides is 1. The molecule has 0 unspecified atom stereocenters. The van der Waals surface area contributed by atoms with Gasteiger partial charge >= 0.3 is 0 Å². The van der Waals surface area contributed by atoms with Crippen LogP contribution in [-0.4, -0.2) is 21.1 Å². The number of halogens is 1. The first kappa shape index (κ1) is 14.6. The van der Waals surface area contributed by atoms with Crippen LogP contribution in [0.2, 0.25) is 0 Å². The number of hydrogen-bond acceptors (Lipinski definition) is 3. The minimum atomic E-state index is -0.171. The summed E-state index contributed by atoms with van der Waals surface area (Å²) < 4.78 is 0.970. The van der Waals surface area contributed by atoms with Gasteiger partial charge in [0.2, 0.25) is 5.91 Å². The van der Waals surface area contributed by atoms with Crippen molar-refractivity contribution >= 4 is 45.1 Å². The second-order valence-electron chi connectivity index (χ2n) is 5.83. The van der Waals surface area contributed by atoms with Crippen molar-refractivity contribution in [2.75, 3.05) is 5.32 Å². The van der Waals surface area contributed by atoms with E-state index in [9.17, 15) is 4.79 Å². The smallest absolute Gasteiger partial charge is 0.233 e. The molecule has 116 valence electrons. The number of anilines is 1. The summed E-state index contributed by atoms with van der Waals surface area (Å²) in [6.07, 6.45) is 3.93. The molecule has 0 radical (unpaired) electrons. The molecule has 2 aromatic heterocycles. The number of nitrogens with one attached hydrogen (secondary N) is 2. The molecule has 0 saturated heterocycles. The third kappa shape index (κ3) is 2.95. The molecule has 1 amide bonds. The SMILES string of the molecule is O=C(Nc1ccc2n[nH]c(I)c2c1)[C@@H](c1ccccn1)C1CC1. The Hall–Kier alpha value is -1.96. The summed E-state index contributed by atoms with van der Waals surface area (Å²) in [7, 11) is 0. The first-order valence-electron chi connectivity index (χ1n) is 7.58. The maximum Gasteiger partial charge on any atom is 0.233 e. The Labute approximate surface area is 147 Å². The van der Waals surface area contributed by atoms with Crippen LogP contribution in [0.15, 0.2) is 42.6 Å². The van der Waals surface area contributed by atoms with Crippen molar-refractivity contribution in [1.29, 1.82) is 0 Å². The predicted molar refractivity (Wildman–Crippen MR) is 97.1 cm³/mol. The van der Waals surface area contributed by atoms with E-state index in [0.29, 0.717) is 5.92 Å². The van der Waals surface area contributed by atoms with Crippen LogP contribution in [0.3, 0.4) is 0 Å². The summed E-state index contributed by atoms with van der Waals surface area (Å²) >= 11 is 2.21. The molecule has 1 aromatic carbocycles. The van der Waals surface area contributed by atoms with Gasteiger partial charge in [-0.15, -0.1) is 0 Å². The van der Waals surface area contributed by atoms with E-state index in [2.05, 4.69) is 43.1 Å². The summed E-state index contributed by atoms with van der Waals surface area (Å²) in [6, 6.07) is 11.5. The highest BCUT2D eigenvalue weighted by molar-refractivity contribution is 14.1. The monoisotopic (exact) mass is 418 g/mol. The van der Waals surface area contributed by atoms with Crippen molar-refractivity contribution in [3.63, 3.8) is 0 Å². The van der Waals surface area contributed by atoms with E-state index in [1.54, 1.807) is 6.20 Å². The van der Waals surface area contributed by atoms with Crippen LogP contribution in [0.4, 0.5) is 5.69 Å². The number of hydrogen-bond donors (Lipinski definition) is 2. The van der Waals surface area contributed by atoms with Gasteiger partial charge in [-0.2, -0.15) is 5.10 Å². The van der Waals surface area contributed by atoms with E-state index in [-0.39, 0.29) is 11.8 Å². The number of fused-ring (bicyclic) bond motifs is 1. The first-order chi connectivity index (χ1) is 11.2. The molecule has 1 saturated carbocycles. The number of rotatable bonds is 4. The molecular formula is C17H15IN4O. The second-order valence-corrected chi connectivity index (χ2v) is 6.91. The molecule has 4 rings (SSSR count). The Balaban J connectivity index is 1.60. The normalized spacial score (nSPS) is 15.5. The van der Waals surface area contributed by atoms with Crippen LogP contribution >= 0.6 is 22.6 Å². The van der Waals surface area contributed by atoms with Crippen LogP contribution in [0.25, 0.3) is 10.9 Å². The number of pyridine rings is 1. The van der Waals surface area contributed by atoms with Crippen molar-refractivity contribution in [2.45, 2.75) is 18.8 Å². The van der Waals surface area contributed by atoms with Gasteiger partial charge < -0.3 is 5.32 Å². The maximum atomic E-state index is 12.8. The summed E-state index contributed by atoms with van der Waals surface area (Å²) in [4.78, 5) is 17.2. The third-order valence-electron chi connectivity index (χ3n) is 4.16. The zero-order valence-corrected chi connectivity index (χ0v) is 14.4. The fourth-order valence-corrected chi connectivity index (χ4v) is 3.41. The van der Waals surface area contributed by atoms with Gasteiger partial charge in [-0.05, 0) is 71.7 Å². The predicted octanol–water partition coefficient (Wildman–Crippen LogP) is 3.69. The average Bonchev–Trinajstić information content (AvgIpc) is 3.33. The van der Waals surface area contributed by atoms with Crippen molar-refractivity contribution < 1.29 is 4.79 Å². The van der Waals surface area contributed by atoms with Crippen LogP contribution in [0.1, 0.15) is 24.5 Å². The Kier molecular flexibility index (Phi) is 3.76. The molecule has 1 atom stereocenters. The lowest BCUT2D eigenvalue weighted by atomic mass is 9.97. The van der Waals surface area contributed by atoms with Crippen LogP contribution < -0.4 is 5.32 Å². The zero-order chi connectivity index (χ0) is 15.8. The molecule has 1 fully saturated rings. The standard InChI is InChI=1S/C17H15IN4O/c18-16-12-9-11(6-7-13(12)21-22-16)20-17(23)15(10-4-5-10)14-3-1-2-8-19-14/h1-3,6-10,15H,4-5H2,(H,20,23)(H,21,22)/t15-/m1/s1. The van der Waals surface area contributed by atoms with E-state index < -0.39 is 0 Å². The Morgan fingerprint density at radius 1 is 1.30 bits per heavy atom. The number of carbonyl (C=O) groups is 1. The Morgan fingerprint density at radius 3 is 2.91 bits per heavy atom. The zero-order valence-electron chi connectivity index (χ0n) is 12.3. The summed E-state index contributed by atoms with van der Waals surface area (Å²) in [5.41, 5.74) is 2.55. The molecule has 3 aromatic rings. The molecule has 0 bridgehead atoms. The van der Waals surface area contributed by atoms with E-state index >= 15 is 0 Å². The fraction of sp³-hybridized carbons (Fsp3) is 0.235. The average molecular weight is 418 g/mol. The highest BCUT2D eigenvalue weighted by Gasteiger charge is 2.38. The second kappa shape index (κ2) is 5.92. The first-order valence-corrected chi connectivity index (χ1v) is 8.65. The number of benzene rings is 1. The van der Waals surface area contributed by atoms with Crippen molar-refractivity contribution in [3.8, 4) is 0 Å². The van der Waals surface area contributed by atoms with Crippen molar-refractivity contribution in [2.24, 2.45) is 5.92 Å². The molecule has 6 heteroatoms. The fourth-order valence-electron chi connectivity index (χ4n) is 2.86. The van der Waals surface area contributed by atoms with Gasteiger partial charge in [-0.25, -0.2) is 0 Å². The van der Waals surface area contributed by atoms with E-state index in [1.165, 1.54) is 0 Å². The molecule has 23 heavy (non-hydrogen) atoms. The molecule has 5 nitrogen and oxygen atoms in total. The summed E-state index contributed by atoms with van der Waals surface area (Å²) in [5, 5.41) is 11.2. The van der Waals surface area contributed by atoms with Gasteiger partial charge in [-0.3, -0.25) is 14.9 Å². The molecule has 1 aliphatic carbocycles. The van der Waals surface area contributed by atoms with Gasteiger partial charge in [0, 0.05) is 17.3 Å². The number of aromatic nitrogens is 3. The summed E-state index contributed by atoms with van der Waals surface area (Å²) in [6.45, 7) is 0. The minimum absolute atomic E-state index is 0.0176. The molecule has 1 aliphatic rings. The van der Waals surface area contributed by atoms with Crippen molar-refractivity contribution in [1.82, 2.24) is 15.2 Å². The molecular weight excluding hydrogens is 403 g/mol. The minimum Gasteiger partial charge on any atom is -0.325 e. The highest BCUT2D eigenvalue weighted by atomic mass is 127. The number of H-pyrrole nitrogens is 1. The number of aromatic amines is 1. The van der Waals surface area contributed by atoms with Gasteiger partial charge in [0.05, 0.1) is 17.1 Å². The largest absolute Gasteiger partial charge is 0.325 e. The molecule has 2 N–H and O–H groups in total. The topological polar surface area (TPSA) is 70.7 Å². The number of carbonyl (C=O) groups excluding carboxylic acids is 1. The van der Waals surface area contributed by atoms with E-state index in [4.69, 9.17) is 0 Å². The van der Waals surface area contributed by atoms with Gasteiger partial charge in [0.15, 0.2) is 0 Å². The van der Waals surface area contributed by atoms with Gasteiger partial charge in [0.25, 0.3) is 0 Å². The van der Waals surface area contributed by atoms with Crippen LogP contribution in [0.5, 0.6) is 0 Å². The lowest BCUT2D eigenvalue weighted by molar-refractivity contribution is -0.118. The lowest BCUT2D eigenvalue weighted by Crippen LogP contribution is -2.23. The van der Waals surface area contributed by atoms with Gasteiger partial charge in [0.1, 0.15) is 3.70 Å². The molecule has 0 spiro atoms. The third-order valence-corrected chi connectivity index (χ3v) is 4.98. The van der Waals surface area contributed by atoms with Gasteiger partial charge in [-0.1, -0.05) is 6.07 Å². The maximum absolute atomic E-state index is 12.8. The quantitative estimate of drug-likeness (QED) is 0.635. The Bertz CT molecular complexity index is 857. The number of nitrogens with zero attached hydrogens (tertiary/aromatic N) is 2. The molecule has 0 aliphatic heterocycles. The van der Waals surface area contributed by atoms with Crippen LogP contribution in [0, 0.1) is 9.62 Å². The Morgan fingerprint density at radius 2 is 2.17 bits per heavy atom. The molecule has 2 heterocycles. The highest BCUT2D eigenvalue weighted by Crippen LogP contribution is 2.42. The van der Waals surface area contributed by atoms with E-state index in [0.717, 1.165) is 38.8 Å². The van der Waals surface area contributed by atoms with E-state index in [1.807, 2.05) is 36.4 Å². The lowest BCUT2D eigenvalue weighted by Gasteiger charge is -2.15. The van der Waals surface area contributed by atoms with Crippen LogP contribution in [-0.2, 0) is 4.79 Å².